The minimum atomic E-state index is 0.634. The van der Waals surface area contributed by atoms with Crippen LogP contribution in [-0.4, -0.2) is 22.9 Å². The minimum Gasteiger partial charge on any atom is -0.317 e. The fraction of sp³-hybridized carbons (Fsp3) is 0.438. The van der Waals surface area contributed by atoms with Crippen molar-refractivity contribution in [1.82, 2.24) is 15.1 Å². The van der Waals surface area contributed by atoms with Crippen LogP contribution in [0.15, 0.2) is 28.7 Å². The summed E-state index contributed by atoms with van der Waals surface area (Å²) in [5.41, 5.74) is 4.93. The highest BCUT2D eigenvalue weighted by atomic mass is 79.9. The lowest BCUT2D eigenvalue weighted by atomic mass is 9.94. The molecule has 106 valence electrons. The van der Waals surface area contributed by atoms with Crippen LogP contribution < -0.4 is 5.32 Å². The second-order valence-electron chi connectivity index (χ2n) is 5.56. The van der Waals surface area contributed by atoms with Crippen LogP contribution >= 0.6 is 15.9 Å². The van der Waals surface area contributed by atoms with Gasteiger partial charge in [-0.25, -0.2) is 0 Å². The Balaban J connectivity index is 1.97. The van der Waals surface area contributed by atoms with E-state index in [0.717, 1.165) is 23.3 Å². The molecule has 4 heteroatoms. The Labute approximate surface area is 128 Å². The van der Waals surface area contributed by atoms with Crippen LogP contribution in [0.1, 0.15) is 30.0 Å². The van der Waals surface area contributed by atoms with Crippen LogP contribution in [0.4, 0.5) is 0 Å². The third-order valence-corrected chi connectivity index (χ3v) is 4.64. The molecule has 0 aliphatic carbocycles. The highest BCUT2D eigenvalue weighted by Crippen LogP contribution is 2.31. The van der Waals surface area contributed by atoms with E-state index in [4.69, 9.17) is 5.10 Å². The predicted octanol–water partition coefficient (Wildman–Crippen LogP) is 3.63. The normalized spacial score (nSPS) is 16.6. The summed E-state index contributed by atoms with van der Waals surface area (Å²) in [7, 11) is 2.06. The third kappa shape index (κ3) is 2.67. The molecule has 2 aromatic rings. The first-order valence-corrected chi connectivity index (χ1v) is 7.95. The number of rotatable bonds is 2. The Kier molecular flexibility index (Phi) is 3.94. The molecular formula is C16H20BrN3. The Bertz CT molecular complexity index is 612. The average molecular weight is 334 g/mol. The Hall–Kier alpha value is -1.13. The van der Waals surface area contributed by atoms with Gasteiger partial charge in [0.25, 0.3) is 0 Å². The van der Waals surface area contributed by atoms with E-state index in [2.05, 4.69) is 64.2 Å². The first-order valence-electron chi connectivity index (χ1n) is 7.16. The van der Waals surface area contributed by atoms with Gasteiger partial charge in [-0.2, -0.15) is 5.10 Å². The zero-order valence-corrected chi connectivity index (χ0v) is 13.6. The monoisotopic (exact) mass is 333 g/mol. The Morgan fingerprint density at radius 3 is 2.75 bits per heavy atom. The molecule has 0 radical (unpaired) electrons. The number of hydrogen-bond donors (Lipinski definition) is 1. The summed E-state index contributed by atoms with van der Waals surface area (Å²) < 4.78 is 3.17. The zero-order valence-electron chi connectivity index (χ0n) is 12.0. The Morgan fingerprint density at radius 2 is 2.00 bits per heavy atom. The lowest BCUT2D eigenvalue weighted by Crippen LogP contribution is -2.27. The van der Waals surface area contributed by atoms with E-state index in [-0.39, 0.29) is 0 Å². The van der Waals surface area contributed by atoms with Crippen LogP contribution in [-0.2, 0) is 7.05 Å². The maximum atomic E-state index is 4.73. The predicted molar refractivity (Wildman–Crippen MR) is 85.9 cm³/mol. The van der Waals surface area contributed by atoms with E-state index in [9.17, 15) is 0 Å². The Morgan fingerprint density at radius 1 is 1.25 bits per heavy atom. The van der Waals surface area contributed by atoms with Crippen molar-refractivity contribution >= 4 is 15.9 Å². The first-order chi connectivity index (χ1) is 9.65. The molecule has 0 unspecified atom stereocenters. The van der Waals surface area contributed by atoms with Gasteiger partial charge in [0.15, 0.2) is 0 Å². The van der Waals surface area contributed by atoms with Crippen molar-refractivity contribution in [2.75, 3.05) is 13.1 Å². The zero-order chi connectivity index (χ0) is 14.1. The van der Waals surface area contributed by atoms with Crippen LogP contribution in [0.2, 0.25) is 0 Å². The number of hydrogen-bond acceptors (Lipinski definition) is 2. The molecule has 1 N–H and O–H groups in total. The van der Waals surface area contributed by atoms with Crippen LogP contribution in [0.3, 0.4) is 0 Å². The molecule has 1 saturated heterocycles. The standard InChI is InChI=1S/C16H20BrN3/c1-11-3-4-13(17)9-14(11)15-10-16(20(2)19-15)12-5-7-18-8-6-12/h3-4,9-10,12,18H,5-8H2,1-2H3. The minimum absolute atomic E-state index is 0.634. The highest BCUT2D eigenvalue weighted by molar-refractivity contribution is 9.10. The lowest BCUT2D eigenvalue weighted by molar-refractivity contribution is 0.440. The van der Waals surface area contributed by atoms with E-state index in [1.54, 1.807) is 0 Å². The van der Waals surface area contributed by atoms with Crippen molar-refractivity contribution in [2.45, 2.75) is 25.7 Å². The highest BCUT2D eigenvalue weighted by Gasteiger charge is 2.20. The summed E-state index contributed by atoms with van der Waals surface area (Å²) in [6.07, 6.45) is 2.41. The number of aromatic nitrogens is 2. The van der Waals surface area contributed by atoms with Crippen molar-refractivity contribution < 1.29 is 0 Å². The average Bonchev–Trinajstić information content (AvgIpc) is 2.84. The van der Waals surface area contributed by atoms with Gasteiger partial charge in [-0.3, -0.25) is 4.68 Å². The molecule has 1 aliphatic rings. The van der Waals surface area contributed by atoms with Crippen molar-refractivity contribution in [1.29, 1.82) is 0 Å². The molecule has 0 bridgehead atoms. The molecule has 0 amide bonds. The number of piperidine rings is 1. The maximum absolute atomic E-state index is 4.73. The van der Waals surface area contributed by atoms with E-state index >= 15 is 0 Å². The van der Waals surface area contributed by atoms with Gasteiger partial charge >= 0.3 is 0 Å². The van der Waals surface area contributed by atoms with Gasteiger partial charge in [0.05, 0.1) is 5.69 Å². The van der Waals surface area contributed by atoms with E-state index < -0.39 is 0 Å². The van der Waals surface area contributed by atoms with Gasteiger partial charge < -0.3 is 5.32 Å². The largest absolute Gasteiger partial charge is 0.317 e. The fourth-order valence-corrected chi connectivity index (χ4v) is 3.34. The molecular weight excluding hydrogens is 314 g/mol. The summed E-state index contributed by atoms with van der Waals surface area (Å²) in [5, 5.41) is 8.16. The number of benzene rings is 1. The molecule has 0 saturated carbocycles. The molecule has 3 rings (SSSR count). The number of halogens is 1. The summed E-state index contributed by atoms with van der Waals surface area (Å²) in [5.74, 6) is 0.634. The quantitative estimate of drug-likeness (QED) is 0.909. The van der Waals surface area contributed by atoms with Gasteiger partial charge in [0, 0.05) is 28.7 Å². The molecule has 2 heterocycles. The van der Waals surface area contributed by atoms with Crippen molar-refractivity contribution in [3.05, 3.63) is 40.0 Å². The van der Waals surface area contributed by atoms with Crippen molar-refractivity contribution in [3.63, 3.8) is 0 Å². The summed E-state index contributed by atoms with van der Waals surface area (Å²) >= 11 is 3.55. The van der Waals surface area contributed by atoms with Gasteiger partial charge in [-0.1, -0.05) is 22.0 Å². The smallest absolute Gasteiger partial charge is 0.0929 e. The van der Waals surface area contributed by atoms with Gasteiger partial charge in [0.1, 0.15) is 0 Å². The van der Waals surface area contributed by atoms with Crippen molar-refractivity contribution in [2.24, 2.45) is 7.05 Å². The molecule has 1 fully saturated rings. The number of nitrogens with zero attached hydrogens (tertiary/aromatic N) is 2. The second kappa shape index (κ2) is 5.70. The third-order valence-electron chi connectivity index (χ3n) is 4.15. The SMILES string of the molecule is Cc1ccc(Br)cc1-c1cc(C2CCNCC2)n(C)n1. The lowest BCUT2D eigenvalue weighted by Gasteiger charge is -2.22. The van der Waals surface area contributed by atoms with E-state index in [1.807, 2.05) is 0 Å². The van der Waals surface area contributed by atoms with Gasteiger partial charge in [-0.05, 0) is 56.6 Å². The molecule has 1 aromatic heterocycles. The molecule has 0 spiro atoms. The van der Waals surface area contributed by atoms with Gasteiger partial charge in [0.2, 0.25) is 0 Å². The number of nitrogens with one attached hydrogen (secondary N) is 1. The van der Waals surface area contributed by atoms with Crippen LogP contribution in [0.25, 0.3) is 11.3 Å². The molecule has 3 nitrogen and oxygen atoms in total. The summed E-state index contributed by atoms with van der Waals surface area (Å²) in [6.45, 7) is 4.36. The first kappa shape index (κ1) is 13.8. The fourth-order valence-electron chi connectivity index (χ4n) is 2.98. The molecule has 1 aromatic carbocycles. The summed E-state index contributed by atoms with van der Waals surface area (Å²) in [4.78, 5) is 0. The molecule has 20 heavy (non-hydrogen) atoms. The maximum Gasteiger partial charge on any atom is 0.0929 e. The van der Waals surface area contributed by atoms with Crippen molar-refractivity contribution in [3.8, 4) is 11.3 Å². The van der Waals surface area contributed by atoms with Crippen LogP contribution in [0.5, 0.6) is 0 Å². The molecule has 1 aliphatic heterocycles. The number of aryl methyl sites for hydroxylation is 2. The van der Waals surface area contributed by atoms with Crippen LogP contribution in [0, 0.1) is 6.92 Å². The van der Waals surface area contributed by atoms with E-state index in [0.29, 0.717) is 5.92 Å². The van der Waals surface area contributed by atoms with E-state index in [1.165, 1.54) is 29.7 Å². The van der Waals surface area contributed by atoms with Gasteiger partial charge in [-0.15, -0.1) is 0 Å². The summed E-state index contributed by atoms with van der Waals surface area (Å²) in [6, 6.07) is 8.64. The second-order valence-corrected chi connectivity index (χ2v) is 6.48. The topological polar surface area (TPSA) is 29.9 Å². The molecule has 0 atom stereocenters.